The van der Waals surface area contributed by atoms with Crippen LogP contribution in [-0.4, -0.2) is 30.5 Å². The number of hydrogen-bond acceptors (Lipinski definition) is 4. The van der Waals surface area contributed by atoms with Crippen LogP contribution in [-0.2, 0) is 22.6 Å². The summed E-state index contributed by atoms with van der Waals surface area (Å²) in [5.74, 6) is -0.125. The molecule has 2 N–H and O–H groups in total. The van der Waals surface area contributed by atoms with Crippen LogP contribution in [0.25, 0.3) is 0 Å². The summed E-state index contributed by atoms with van der Waals surface area (Å²) in [5, 5.41) is 4.41. The van der Waals surface area contributed by atoms with Gasteiger partial charge in [-0.3, -0.25) is 4.68 Å². The normalized spacial score (nSPS) is 12.0. The lowest BCUT2D eigenvalue weighted by molar-refractivity contribution is 0.595. The Bertz CT molecular complexity index is 453. The molecule has 1 aromatic rings. The highest BCUT2D eigenvalue weighted by Gasteiger charge is 2.18. The lowest BCUT2D eigenvalue weighted by atomic mass is 10.3. The van der Waals surface area contributed by atoms with Crippen LogP contribution in [0.2, 0.25) is 5.15 Å². The molecular weight excluding hydrogens is 238 g/mol. The average Bonchev–Trinajstić information content (AvgIpc) is 2.32. The Balaban J connectivity index is 2.99. The Kier molecular flexibility index (Phi) is 3.75. The second-order valence-corrected chi connectivity index (χ2v) is 5.90. The van der Waals surface area contributed by atoms with Gasteiger partial charge in [0.1, 0.15) is 5.15 Å². The molecule has 7 heteroatoms. The number of aromatic nitrogens is 2. The molecule has 0 aliphatic rings. The van der Waals surface area contributed by atoms with Crippen LogP contribution in [0.3, 0.4) is 0 Å². The highest BCUT2D eigenvalue weighted by molar-refractivity contribution is 7.90. The van der Waals surface area contributed by atoms with E-state index in [4.69, 9.17) is 17.3 Å². The maximum Gasteiger partial charge on any atom is 0.155 e. The molecule has 0 aromatic carbocycles. The molecule has 0 aliphatic heterocycles. The fourth-order valence-electron chi connectivity index (χ4n) is 1.31. The third-order valence-electron chi connectivity index (χ3n) is 2.06. The van der Waals surface area contributed by atoms with Crippen molar-refractivity contribution < 1.29 is 8.42 Å². The maximum absolute atomic E-state index is 11.5. The highest BCUT2D eigenvalue weighted by Crippen LogP contribution is 2.21. The molecule has 0 amide bonds. The van der Waals surface area contributed by atoms with Crippen molar-refractivity contribution in [3.63, 3.8) is 0 Å². The van der Waals surface area contributed by atoms with Gasteiger partial charge in [0.05, 0.1) is 17.2 Å². The van der Waals surface area contributed by atoms with Crippen molar-refractivity contribution in [2.24, 2.45) is 12.8 Å². The second-order valence-electron chi connectivity index (χ2n) is 3.36. The monoisotopic (exact) mass is 251 g/mol. The van der Waals surface area contributed by atoms with E-state index in [1.807, 2.05) is 0 Å². The zero-order chi connectivity index (χ0) is 11.6. The van der Waals surface area contributed by atoms with Crippen LogP contribution >= 0.6 is 11.6 Å². The topological polar surface area (TPSA) is 78.0 Å². The van der Waals surface area contributed by atoms with Crippen LogP contribution < -0.4 is 5.73 Å². The molecule has 0 bridgehead atoms. The smallest absolute Gasteiger partial charge is 0.155 e. The Morgan fingerprint density at radius 1 is 1.53 bits per heavy atom. The summed E-state index contributed by atoms with van der Waals surface area (Å²) in [6.07, 6.45) is 0. The number of nitrogens with two attached hydrogens (primary N) is 1. The lowest BCUT2D eigenvalue weighted by Gasteiger charge is -2.02. The molecule has 15 heavy (non-hydrogen) atoms. The third kappa shape index (κ3) is 2.93. The quantitative estimate of drug-likeness (QED) is 0.833. The zero-order valence-electron chi connectivity index (χ0n) is 8.70. The molecule has 0 spiro atoms. The fourth-order valence-corrected chi connectivity index (χ4v) is 2.92. The van der Waals surface area contributed by atoms with Gasteiger partial charge in [-0.2, -0.15) is 5.10 Å². The number of aryl methyl sites for hydroxylation is 2. The number of nitrogens with zero attached hydrogens (tertiary/aromatic N) is 2. The van der Waals surface area contributed by atoms with Crippen molar-refractivity contribution in [3.05, 3.63) is 16.4 Å². The second kappa shape index (κ2) is 4.51. The number of sulfone groups is 1. The van der Waals surface area contributed by atoms with E-state index in [2.05, 4.69) is 5.10 Å². The first kappa shape index (κ1) is 12.5. The molecule has 1 heterocycles. The van der Waals surface area contributed by atoms with Gasteiger partial charge in [0, 0.05) is 19.2 Å². The van der Waals surface area contributed by atoms with Crippen molar-refractivity contribution in [2.75, 3.05) is 12.3 Å². The Labute approximate surface area is 94.1 Å². The first-order chi connectivity index (χ1) is 6.87. The fraction of sp³-hybridized carbons (Fsp3) is 0.625. The van der Waals surface area contributed by atoms with Crippen molar-refractivity contribution in [1.29, 1.82) is 0 Å². The minimum atomic E-state index is -3.18. The van der Waals surface area contributed by atoms with Crippen LogP contribution in [0.4, 0.5) is 0 Å². The molecule has 0 radical (unpaired) electrons. The van der Waals surface area contributed by atoms with E-state index in [0.29, 0.717) is 16.4 Å². The molecule has 0 atom stereocenters. The van der Waals surface area contributed by atoms with Gasteiger partial charge in [-0.1, -0.05) is 11.6 Å². The molecule has 0 saturated heterocycles. The standard InChI is InChI=1S/C8H14ClN3O2S/c1-6-7(8(9)12(2)11-6)5-15(13,14)4-3-10/h3-5,10H2,1-2H3. The number of hydrogen-bond donors (Lipinski definition) is 1. The van der Waals surface area contributed by atoms with Gasteiger partial charge in [-0.05, 0) is 6.92 Å². The van der Waals surface area contributed by atoms with Crippen molar-refractivity contribution >= 4 is 21.4 Å². The average molecular weight is 252 g/mol. The predicted molar refractivity (Wildman–Crippen MR) is 59.5 cm³/mol. The van der Waals surface area contributed by atoms with Crippen LogP contribution in [0.15, 0.2) is 0 Å². The van der Waals surface area contributed by atoms with E-state index >= 15 is 0 Å². The van der Waals surface area contributed by atoms with Crippen LogP contribution in [0, 0.1) is 6.92 Å². The maximum atomic E-state index is 11.5. The van der Waals surface area contributed by atoms with Crippen molar-refractivity contribution in [3.8, 4) is 0 Å². The van der Waals surface area contributed by atoms with Gasteiger partial charge >= 0.3 is 0 Å². The number of halogens is 1. The summed E-state index contributed by atoms with van der Waals surface area (Å²) in [5.41, 5.74) is 6.42. The Morgan fingerprint density at radius 3 is 2.53 bits per heavy atom. The molecule has 1 rings (SSSR count). The van der Waals surface area contributed by atoms with Crippen LogP contribution in [0.5, 0.6) is 0 Å². The van der Waals surface area contributed by atoms with Gasteiger partial charge in [0.15, 0.2) is 9.84 Å². The number of rotatable bonds is 4. The van der Waals surface area contributed by atoms with Gasteiger partial charge in [0.25, 0.3) is 0 Å². The van der Waals surface area contributed by atoms with Crippen LogP contribution in [0.1, 0.15) is 11.3 Å². The largest absolute Gasteiger partial charge is 0.329 e. The lowest BCUT2D eigenvalue weighted by Crippen LogP contribution is -2.17. The predicted octanol–water partition coefficient (Wildman–Crippen LogP) is 0.255. The summed E-state index contributed by atoms with van der Waals surface area (Å²) in [4.78, 5) is 0. The SMILES string of the molecule is Cc1nn(C)c(Cl)c1CS(=O)(=O)CCN. The Morgan fingerprint density at radius 2 is 2.13 bits per heavy atom. The van der Waals surface area contributed by atoms with Gasteiger partial charge in [-0.15, -0.1) is 0 Å². The molecule has 0 unspecified atom stereocenters. The summed E-state index contributed by atoms with van der Waals surface area (Å²) in [7, 11) is -1.50. The first-order valence-electron chi connectivity index (χ1n) is 4.46. The highest BCUT2D eigenvalue weighted by atomic mass is 35.5. The van der Waals surface area contributed by atoms with Crippen molar-refractivity contribution in [2.45, 2.75) is 12.7 Å². The van der Waals surface area contributed by atoms with E-state index in [1.54, 1.807) is 14.0 Å². The molecule has 0 fully saturated rings. The van der Waals surface area contributed by atoms with E-state index < -0.39 is 9.84 Å². The molecule has 86 valence electrons. The van der Waals surface area contributed by atoms with E-state index in [9.17, 15) is 8.42 Å². The molecule has 1 aromatic heterocycles. The van der Waals surface area contributed by atoms with E-state index in [1.165, 1.54) is 4.68 Å². The van der Waals surface area contributed by atoms with Gasteiger partial charge in [-0.25, -0.2) is 8.42 Å². The molecule has 0 saturated carbocycles. The van der Waals surface area contributed by atoms with Crippen molar-refractivity contribution in [1.82, 2.24) is 9.78 Å². The Hall–Kier alpha value is -0.590. The molecular formula is C8H14ClN3O2S. The third-order valence-corrected chi connectivity index (χ3v) is 4.12. The van der Waals surface area contributed by atoms with Gasteiger partial charge in [0.2, 0.25) is 0 Å². The molecule has 5 nitrogen and oxygen atoms in total. The summed E-state index contributed by atoms with van der Waals surface area (Å²) < 4.78 is 24.5. The molecule has 0 aliphatic carbocycles. The zero-order valence-corrected chi connectivity index (χ0v) is 10.3. The van der Waals surface area contributed by atoms with E-state index in [-0.39, 0.29) is 18.1 Å². The van der Waals surface area contributed by atoms with Gasteiger partial charge < -0.3 is 5.73 Å². The first-order valence-corrected chi connectivity index (χ1v) is 6.66. The minimum Gasteiger partial charge on any atom is -0.329 e. The minimum absolute atomic E-state index is 0.0301. The summed E-state index contributed by atoms with van der Waals surface area (Å²) in [6, 6.07) is 0. The van der Waals surface area contributed by atoms with E-state index in [0.717, 1.165) is 0 Å². The summed E-state index contributed by atoms with van der Waals surface area (Å²) in [6.45, 7) is 1.86. The summed E-state index contributed by atoms with van der Waals surface area (Å²) >= 11 is 5.93.